The molecule has 8 nitrogen and oxygen atoms in total. The molecule has 0 fully saturated rings. The summed E-state index contributed by atoms with van der Waals surface area (Å²) >= 11 is 0. The second-order valence-electron chi connectivity index (χ2n) is 6.86. The Morgan fingerprint density at radius 1 is 1.16 bits per heavy atom. The number of amides is 1. The average Bonchev–Trinajstić information content (AvgIpc) is 3.21. The van der Waals surface area contributed by atoms with Crippen molar-refractivity contribution < 1.29 is 22.4 Å². The fourth-order valence-corrected chi connectivity index (χ4v) is 3.37. The molecule has 162 valence electrons. The van der Waals surface area contributed by atoms with Crippen molar-refractivity contribution in [2.75, 3.05) is 16.8 Å². The lowest BCUT2D eigenvalue weighted by Crippen LogP contribution is -2.49. The first kappa shape index (κ1) is 20.7. The van der Waals surface area contributed by atoms with Gasteiger partial charge in [-0.2, -0.15) is 18.2 Å². The van der Waals surface area contributed by atoms with Gasteiger partial charge in [0, 0.05) is 18.9 Å². The maximum atomic E-state index is 13.2. The Bertz CT molecular complexity index is 1100. The summed E-state index contributed by atoms with van der Waals surface area (Å²) < 4.78 is 53.3. The zero-order valence-electron chi connectivity index (χ0n) is 16.3. The number of nitrogens with zero attached hydrogens (tertiary/aromatic N) is 6. The summed E-state index contributed by atoms with van der Waals surface area (Å²) in [6.45, 7) is 1.29. The molecule has 0 unspecified atom stereocenters. The molecule has 0 spiro atoms. The van der Waals surface area contributed by atoms with Crippen molar-refractivity contribution in [2.24, 2.45) is 0 Å². The predicted octanol–water partition coefficient (Wildman–Crippen LogP) is 3.35. The number of imidazole rings is 1. The second-order valence-corrected chi connectivity index (χ2v) is 6.86. The van der Waals surface area contributed by atoms with Crippen LogP contribution in [0.3, 0.4) is 0 Å². The van der Waals surface area contributed by atoms with Crippen molar-refractivity contribution in [2.45, 2.75) is 32.0 Å². The number of pyridine rings is 1. The Labute approximate surface area is 174 Å². The van der Waals surface area contributed by atoms with E-state index in [2.05, 4.69) is 25.3 Å². The number of hydrogen-bond acceptors (Lipinski definition) is 6. The van der Waals surface area contributed by atoms with Crippen LogP contribution in [0.1, 0.15) is 19.8 Å². The van der Waals surface area contributed by atoms with Gasteiger partial charge in [-0.25, -0.2) is 19.3 Å². The number of halogens is 4. The smallest absolute Gasteiger partial charge is 0.342 e. The fourth-order valence-electron chi connectivity index (χ4n) is 3.37. The summed E-state index contributed by atoms with van der Waals surface area (Å²) in [5.74, 6) is -0.276. The molecule has 3 aromatic heterocycles. The molecular weight excluding hydrogens is 418 g/mol. The number of alkyl halides is 3. The molecule has 1 N–H and O–H groups in total. The van der Waals surface area contributed by atoms with Crippen LogP contribution in [-0.2, 0) is 4.79 Å². The highest BCUT2D eigenvalue weighted by atomic mass is 19.4. The molecule has 0 saturated carbocycles. The molecule has 1 aliphatic heterocycles. The fraction of sp³-hybridized carbons (Fsp3) is 0.316. The van der Waals surface area contributed by atoms with Gasteiger partial charge in [-0.15, -0.1) is 0 Å². The summed E-state index contributed by atoms with van der Waals surface area (Å²) in [6, 6.07) is 1.88. The van der Waals surface area contributed by atoms with Crippen molar-refractivity contribution in [3.63, 3.8) is 0 Å². The van der Waals surface area contributed by atoms with E-state index in [9.17, 15) is 22.4 Å². The van der Waals surface area contributed by atoms with Crippen LogP contribution >= 0.6 is 0 Å². The van der Waals surface area contributed by atoms with Crippen LogP contribution in [0.2, 0.25) is 0 Å². The number of rotatable bonds is 5. The highest BCUT2D eigenvalue weighted by Crippen LogP contribution is 2.33. The molecule has 4 heterocycles. The highest BCUT2D eigenvalue weighted by Gasteiger charge is 2.36. The van der Waals surface area contributed by atoms with E-state index in [0.717, 1.165) is 6.20 Å². The Balaban J connectivity index is 1.75. The number of fused-ring (bicyclic) bond motifs is 1. The standard InChI is InChI=1S/C19H17F4N7O/c1-2-14-17(31)27-13-10-26-18(28-16(13)29(14)7-5-19(21,22)23)30-8-6-24-15(30)12-4-3-11(20)9-25-12/h3-4,6,8-10,14H,2,5,7H2,1H3,(H,27,31)/t14-/m1/s1. The van der Waals surface area contributed by atoms with Gasteiger partial charge in [-0.3, -0.25) is 9.36 Å². The first-order chi connectivity index (χ1) is 14.8. The number of aromatic nitrogens is 5. The summed E-state index contributed by atoms with van der Waals surface area (Å²) in [6.07, 6.45) is 0.242. The summed E-state index contributed by atoms with van der Waals surface area (Å²) in [5, 5.41) is 2.65. The van der Waals surface area contributed by atoms with Crippen LogP contribution in [0.4, 0.5) is 29.1 Å². The molecular formula is C19H17F4N7O. The van der Waals surface area contributed by atoms with Crippen LogP contribution in [0.25, 0.3) is 17.5 Å². The monoisotopic (exact) mass is 435 g/mol. The second kappa shape index (κ2) is 7.93. The molecule has 0 aliphatic carbocycles. The quantitative estimate of drug-likeness (QED) is 0.619. The average molecular weight is 435 g/mol. The van der Waals surface area contributed by atoms with Gasteiger partial charge < -0.3 is 10.2 Å². The third-order valence-corrected chi connectivity index (χ3v) is 4.80. The summed E-state index contributed by atoms with van der Waals surface area (Å²) in [4.78, 5) is 30.5. The van der Waals surface area contributed by atoms with Gasteiger partial charge in [0.05, 0.1) is 18.8 Å². The minimum atomic E-state index is -4.38. The van der Waals surface area contributed by atoms with E-state index in [-0.39, 0.29) is 17.5 Å². The predicted molar refractivity (Wildman–Crippen MR) is 103 cm³/mol. The maximum Gasteiger partial charge on any atom is 0.390 e. The molecule has 0 radical (unpaired) electrons. The number of anilines is 2. The van der Waals surface area contributed by atoms with E-state index >= 15 is 0 Å². The molecule has 0 aromatic carbocycles. The first-order valence-electron chi connectivity index (χ1n) is 9.44. The Morgan fingerprint density at radius 3 is 2.65 bits per heavy atom. The van der Waals surface area contributed by atoms with Crippen molar-refractivity contribution in [3.8, 4) is 17.5 Å². The third-order valence-electron chi connectivity index (χ3n) is 4.80. The van der Waals surface area contributed by atoms with E-state index in [1.807, 2.05) is 0 Å². The van der Waals surface area contributed by atoms with E-state index < -0.39 is 36.9 Å². The lowest BCUT2D eigenvalue weighted by molar-refractivity contribution is -0.133. The minimum Gasteiger partial charge on any atom is -0.342 e. The molecule has 4 rings (SSSR count). The molecule has 1 amide bonds. The molecule has 1 aliphatic rings. The van der Waals surface area contributed by atoms with Crippen LogP contribution in [-0.4, -0.2) is 49.2 Å². The van der Waals surface area contributed by atoms with Gasteiger partial charge in [-0.05, 0) is 18.6 Å². The van der Waals surface area contributed by atoms with E-state index in [0.29, 0.717) is 17.9 Å². The van der Waals surface area contributed by atoms with Crippen LogP contribution < -0.4 is 10.2 Å². The van der Waals surface area contributed by atoms with E-state index in [1.165, 1.54) is 34.0 Å². The van der Waals surface area contributed by atoms with Crippen molar-refractivity contribution >= 4 is 17.4 Å². The van der Waals surface area contributed by atoms with Gasteiger partial charge in [0.25, 0.3) is 0 Å². The molecule has 12 heteroatoms. The maximum absolute atomic E-state index is 13.2. The number of hydrogen-bond donors (Lipinski definition) is 1. The first-order valence-corrected chi connectivity index (χ1v) is 9.44. The topological polar surface area (TPSA) is 88.8 Å². The van der Waals surface area contributed by atoms with Crippen LogP contribution in [0.5, 0.6) is 0 Å². The van der Waals surface area contributed by atoms with Crippen LogP contribution in [0, 0.1) is 5.82 Å². The minimum absolute atomic E-state index is 0.125. The van der Waals surface area contributed by atoms with Crippen LogP contribution in [0.15, 0.2) is 36.9 Å². The SMILES string of the molecule is CC[C@@H]1C(=O)Nc2cnc(-n3ccnc3-c3ccc(F)cn3)nc2N1CCC(F)(F)F. The normalized spacial score (nSPS) is 16.2. The Hall–Kier alpha value is -3.57. The van der Waals surface area contributed by atoms with Crippen molar-refractivity contribution in [3.05, 3.63) is 42.7 Å². The molecule has 0 bridgehead atoms. The van der Waals surface area contributed by atoms with Gasteiger partial charge in [0.1, 0.15) is 23.2 Å². The molecule has 1 atom stereocenters. The third kappa shape index (κ3) is 4.18. The van der Waals surface area contributed by atoms with Gasteiger partial charge >= 0.3 is 6.18 Å². The molecule has 0 saturated heterocycles. The summed E-state index contributed by atoms with van der Waals surface area (Å²) in [5.41, 5.74) is 0.587. The van der Waals surface area contributed by atoms with E-state index in [1.54, 1.807) is 13.1 Å². The van der Waals surface area contributed by atoms with Gasteiger partial charge in [-0.1, -0.05) is 6.92 Å². The molecule has 31 heavy (non-hydrogen) atoms. The molecule has 3 aromatic rings. The van der Waals surface area contributed by atoms with Gasteiger partial charge in [0.2, 0.25) is 11.9 Å². The number of nitrogens with one attached hydrogen (secondary N) is 1. The number of carbonyl (C=O) groups excluding carboxylic acids is 1. The largest absolute Gasteiger partial charge is 0.390 e. The Kier molecular flexibility index (Phi) is 5.29. The van der Waals surface area contributed by atoms with Gasteiger partial charge in [0.15, 0.2) is 11.6 Å². The van der Waals surface area contributed by atoms with E-state index in [4.69, 9.17) is 0 Å². The lowest BCUT2D eigenvalue weighted by Gasteiger charge is -2.36. The number of carbonyl (C=O) groups is 1. The van der Waals surface area contributed by atoms with Crippen molar-refractivity contribution in [1.82, 2.24) is 24.5 Å². The lowest BCUT2D eigenvalue weighted by atomic mass is 10.1. The Morgan fingerprint density at radius 2 is 1.97 bits per heavy atom. The zero-order valence-corrected chi connectivity index (χ0v) is 16.3. The van der Waals surface area contributed by atoms with Crippen molar-refractivity contribution in [1.29, 1.82) is 0 Å². The summed E-state index contributed by atoms with van der Waals surface area (Å²) in [7, 11) is 0. The zero-order chi connectivity index (χ0) is 22.2. The highest BCUT2D eigenvalue weighted by molar-refractivity contribution is 6.02.